The van der Waals surface area contributed by atoms with E-state index in [2.05, 4.69) is 32.2 Å². The first-order valence-corrected chi connectivity index (χ1v) is 9.52. The molecule has 0 fully saturated rings. The number of aliphatic hydroxyl groups excluding tert-OH is 1. The first-order valence-electron chi connectivity index (χ1n) is 9.52. The molecule has 0 aromatic carbocycles. The van der Waals surface area contributed by atoms with Gasteiger partial charge in [-0.3, -0.25) is 0 Å². The Balaban J connectivity index is 3.94. The Kier molecular flexibility index (Phi) is 16.8. The van der Waals surface area contributed by atoms with Crippen molar-refractivity contribution in [2.45, 2.75) is 51.9 Å². The lowest BCUT2D eigenvalue weighted by atomic mass is 9.88. The molecule has 0 aliphatic rings. The van der Waals surface area contributed by atoms with Crippen molar-refractivity contribution in [2.24, 2.45) is 5.41 Å². The van der Waals surface area contributed by atoms with Crippen LogP contribution in [0.5, 0.6) is 0 Å². The lowest BCUT2D eigenvalue weighted by molar-refractivity contribution is -0.0425. The zero-order chi connectivity index (χ0) is 18.6. The van der Waals surface area contributed by atoms with Crippen LogP contribution in [0.3, 0.4) is 0 Å². The second-order valence-corrected chi connectivity index (χ2v) is 6.42. The van der Waals surface area contributed by atoms with E-state index < -0.39 is 0 Å². The van der Waals surface area contributed by atoms with Crippen LogP contribution < -0.4 is 0 Å². The first-order chi connectivity index (χ1) is 12.2. The van der Waals surface area contributed by atoms with Crippen LogP contribution in [0.1, 0.15) is 51.9 Å². The van der Waals surface area contributed by atoms with E-state index in [1.165, 1.54) is 0 Å². The minimum absolute atomic E-state index is 0.0790. The Labute approximate surface area is 155 Å². The minimum Gasteiger partial charge on any atom is -0.396 e. The SMILES string of the molecule is C=CCCCC=CCOCC(CC)(CO)COCC=CCCCC=C. The van der Waals surface area contributed by atoms with Crippen LogP contribution in [-0.2, 0) is 9.47 Å². The summed E-state index contributed by atoms with van der Waals surface area (Å²) in [5.74, 6) is 0. The van der Waals surface area contributed by atoms with Crippen LogP contribution in [0.25, 0.3) is 0 Å². The third-order valence-corrected chi connectivity index (χ3v) is 4.22. The largest absolute Gasteiger partial charge is 0.396 e. The molecule has 0 heterocycles. The second kappa shape index (κ2) is 17.7. The molecule has 0 unspecified atom stereocenters. The quantitative estimate of drug-likeness (QED) is 0.272. The molecule has 144 valence electrons. The molecule has 0 amide bonds. The molecule has 0 saturated heterocycles. The van der Waals surface area contributed by atoms with Gasteiger partial charge in [0.2, 0.25) is 0 Å². The molecule has 0 bridgehead atoms. The lowest BCUT2D eigenvalue weighted by Gasteiger charge is -2.29. The van der Waals surface area contributed by atoms with Gasteiger partial charge in [0.05, 0.1) is 33.0 Å². The van der Waals surface area contributed by atoms with Crippen LogP contribution >= 0.6 is 0 Å². The molecule has 0 aromatic heterocycles. The van der Waals surface area contributed by atoms with Gasteiger partial charge >= 0.3 is 0 Å². The van der Waals surface area contributed by atoms with Crippen molar-refractivity contribution in [1.29, 1.82) is 0 Å². The van der Waals surface area contributed by atoms with Gasteiger partial charge < -0.3 is 14.6 Å². The predicted molar refractivity (Wildman–Crippen MR) is 108 cm³/mol. The van der Waals surface area contributed by atoms with Gasteiger partial charge in [0.15, 0.2) is 0 Å². The van der Waals surface area contributed by atoms with E-state index in [4.69, 9.17) is 9.47 Å². The Morgan fingerprint density at radius 3 is 1.64 bits per heavy atom. The normalized spacial score (nSPS) is 14.2. The fourth-order valence-electron chi connectivity index (χ4n) is 2.27. The number of aliphatic hydroxyl groups is 1. The van der Waals surface area contributed by atoms with Crippen LogP contribution in [0.15, 0.2) is 49.6 Å². The maximum Gasteiger partial charge on any atom is 0.0647 e. The molecule has 25 heavy (non-hydrogen) atoms. The standard InChI is InChI=1S/C22H38O3/c1-4-7-9-11-13-15-17-24-20-22(6-3,19-23)21-25-18-16-14-12-10-8-5-2/h4-5,13-16,23H,1-2,6-12,17-21H2,3H3. The summed E-state index contributed by atoms with van der Waals surface area (Å²) in [4.78, 5) is 0. The molecule has 0 radical (unpaired) electrons. The molecule has 1 N–H and O–H groups in total. The van der Waals surface area contributed by atoms with Gasteiger partial charge in [0.1, 0.15) is 0 Å². The van der Waals surface area contributed by atoms with Crippen molar-refractivity contribution in [3.63, 3.8) is 0 Å². The van der Waals surface area contributed by atoms with E-state index in [9.17, 15) is 5.11 Å². The molecule has 0 rings (SSSR count). The van der Waals surface area contributed by atoms with Crippen LogP contribution in [-0.4, -0.2) is 38.1 Å². The highest BCUT2D eigenvalue weighted by Gasteiger charge is 2.28. The predicted octanol–water partition coefficient (Wildman–Crippen LogP) is 5.23. The highest BCUT2D eigenvalue weighted by atomic mass is 16.5. The molecular weight excluding hydrogens is 312 g/mol. The van der Waals surface area contributed by atoms with E-state index >= 15 is 0 Å². The van der Waals surface area contributed by atoms with E-state index in [-0.39, 0.29) is 12.0 Å². The van der Waals surface area contributed by atoms with Gasteiger partial charge in [-0.05, 0) is 44.9 Å². The summed E-state index contributed by atoms with van der Waals surface area (Å²) >= 11 is 0. The molecule has 3 heteroatoms. The van der Waals surface area contributed by atoms with Crippen molar-refractivity contribution >= 4 is 0 Å². The topological polar surface area (TPSA) is 38.7 Å². The van der Waals surface area contributed by atoms with Gasteiger partial charge in [-0.2, -0.15) is 0 Å². The first kappa shape index (κ1) is 23.8. The monoisotopic (exact) mass is 350 g/mol. The van der Waals surface area contributed by atoms with Gasteiger partial charge in [0, 0.05) is 5.41 Å². The van der Waals surface area contributed by atoms with Crippen molar-refractivity contribution < 1.29 is 14.6 Å². The number of hydrogen-bond acceptors (Lipinski definition) is 3. The fraction of sp³-hybridized carbons (Fsp3) is 0.636. The maximum atomic E-state index is 9.76. The third kappa shape index (κ3) is 13.8. The van der Waals surface area contributed by atoms with Crippen molar-refractivity contribution in [1.82, 2.24) is 0 Å². The minimum atomic E-state index is -0.312. The summed E-state index contributed by atoms with van der Waals surface area (Å²) in [6.45, 7) is 11.8. The summed E-state index contributed by atoms with van der Waals surface area (Å²) in [5, 5.41) is 9.76. The molecule has 0 atom stereocenters. The van der Waals surface area contributed by atoms with E-state index in [0.717, 1.165) is 44.9 Å². The van der Waals surface area contributed by atoms with E-state index in [1.807, 2.05) is 24.3 Å². The Morgan fingerprint density at radius 2 is 1.28 bits per heavy atom. The molecule has 0 aromatic rings. The zero-order valence-electron chi connectivity index (χ0n) is 16.1. The average Bonchev–Trinajstić information content (AvgIpc) is 2.64. The molecule has 3 nitrogen and oxygen atoms in total. The van der Waals surface area contributed by atoms with E-state index in [0.29, 0.717) is 26.4 Å². The summed E-state index contributed by atoms with van der Waals surface area (Å²) in [6, 6.07) is 0. The van der Waals surface area contributed by atoms with Crippen LogP contribution in [0.4, 0.5) is 0 Å². The van der Waals surface area contributed by atoms with Crippen molar-refractivity contribution in [3.8, 4) is 0 Å². The van der Waals surface area contributed by atoms with Crippen molar-refractivity contribution in [2.75, 3.05) is 33.0 Å². The number of unbranched alkanes of at least 4 members (excludes halogenated alkanes) is 4. The second-order valence-electron chi connectivity index (χ2n) is 6.42. The zero-order valence-corrected chi connectivity index (χ0v) is 16.1. The Hall–Kier alpha value is -1.16. The van der Waals surface area contributed by atoms with Gasteiger partial charge in [-0.25, -0.2) is 0 Å². The summed E-state index contributed by atoms with van der Waals surface area (Å²) in [6.07, 6.45) is 19.6. The summed E-state index contributed by atoms with van der Waals surface area (Å²) in [7, 11) is 0. The third-order valence-electron chi connectivity index (χ3n) is 4.22. The Bertz CT molecular complexity index is 335. The lowest BCUT2D eigenvalue weighted by Crippen LogP contribution is -2.35. The van der Waals surface area contributed by atoms with Gasteiger partial charge in [-0.15, -0.1) is 13.2 Å². The summed E-state index contributed by atoms with van der Waals surface area (Å²) in [5.41, 5.74) is -0.312. The molecule has 0 spiro atoms. The average molecular weight is 351 g/mol. The molecule has 0 aliphatic heterocycles. The molecule has 0 saturated carbocycles. The molecule has 0 aliphatic carbocycles. The highest BCUT2D eigenvalue weighted by Crippen LogP contribution is 2.22. The van der Waals surface area contributed by atoms with Crippen LogP contribution in [0.2, 0.25) is 0 Å². The molecular formula is C22H38O3. The highest BCUT2D eigenvalue weighted by molar-refractivity contribution is 4.85. The number of rotatable bonds is 18. The maximum absolute atomic E-state index is 9.76. The number of ether oxygens (including phenoxy) is 2. The van der Waals surface area contributed by atoms with Crippen molar-refractivity contribution in [3.05, 3.63) is 49.6 Å². The smallest absolute Gasteiger partial charge is 0.0647 e. The van der Waals surface area contributed by atoms with E-state index in [1.54, 1.807) is 0 Å². The van der Waals surface area contributed by atoms with Gasteiger partial charge in [-0.1, -0.05) is 43.4 Å². The van der Waals surface area contributed by atoms with Gasteiger partial charge in [0.25, 0.3) is 0 Å². The number of allylic oxidation sites excluding steroid dienone is 4. The van der Waals surface area contributed by atoms with Crippen LogP contribution in [0, 0.1) is 5.41 Å². The fourth-order valence-corrected chi connectivity index (χ4v) is 2.27. The summed E-state index contributed by atoms with van der Waals surface area (Å²) < 4.78 is 11.5. The number of hydrogen-bond donors (Lipinski definition) is 1. The Morgan fingerprint density at radius 1 is 0.800 bits per heavy atom.